The van der Waals surface area contributed by atoms with Gasteiger partial charge in [0.15, 0.2) is 0 Å². The average molecular weight is 294 g/mol. The molecule has 0 saturated carbocycles. The van der Waals surface area contributed by atoms with Crippen LogP contribution in [0.5, 0.6) is 5.75 Å². The van der Waals surface area contributed by atoms with Crippen LogP contribution in [0.3, 0.4) is 0 Å². The molecule has 0 aliphatic carbocycles. The summed E-state index contributed by atoms with van der Waals surface area (Å²) in [4.78, 5) is 14.9. The number of aryl methyl sites for hydroxylation is 1. The van der Waals surface area contributed by atoms with Crippen molar-refractivity contribution in [2.75, 3.05) is 46.9 Å². The van der Waals surface area contributed by atoms with Gasteiger partial charge in [0.05, 0.1) is 13.2 Å². The zero-order chi connectivity index (χ0) is 15.7. The normalized spacial score (nSPS) is 11.1. The molecule has 0 bridgehead atoms. The third-order valence-corrected chi connectivity index (χ3v) is 3.10. The molecule has 0 radical (unpaired) electrons. The highest BCUT2D eigenvalue weighted by molar-refractivity contribution is 5.69. The van der Waals surface area contributed by atoms with Crippen molar-refractivity contribution in [3.05, 3.63) is 29.8 Å². The van der Waals surface area contributed by atoms with Gasteiger partial charge in [-0.1, -0.05) is 12.1 Å². The van der Waals surface area contributed by atoms with Crippen LogP contribution in [-0.4, -0.2) is 67.8 Å². The molecular weight excluding hydrogens is 268 g/mol. The Bertz CT molecular complexity index is 435. The third kappa shape index (κ3) is 8.32. The number of rotatable bonds is 10. The van der Waals surface area contributed by atoms with Gasteiger partial charge in [0.1, 0.15) is 5.75 Å². The first-order chi connectivity index (χ1) is 9.97. The molecule has 5 nitrogen and oxygen atoms in total. The zero-order valence-corrected chi connectivity index (χ0v) is 13.2. The van der Waals surface area contributed by atoms with E-state index in [1.807, 2.05) is 50.2 Å². The number of carboxylic acids is 1. The minimum absolute atomic E-state index is 0.0816. The molecule has 0 fully saturated rings. The SMILES string of the molecule is Cc1cccc(OCCCN(CCN(C)C)CC(=O)O)c1. The Labute approximate surface area is 127 Å². The summed E-state index contributed by atoms with van der Waals surface area (Å²) in [5.41, 5.74) is 1.17. The summed E-state index contributed by atoms with van der Waals surface area (Å²) < 4.78 is 5.68. The second-order valence-electron chi connectivity index (χ2n) is 5.49. The number of hydrogen-bond donors (Lipinski definition) is 1. The van der Waals surface area contributed by atoms with E-state index in [2.05, 4.69) is 4.90 Å². The van der Waals surface area contributed by atoms with Gasteiger partial charge in [-0.25, -0.2) is 0 Å². The predicted octanol–water partition coefficient (Wildman–Crippen LogP) is 1.71. The van der Waals surface area contributed by atoms with Crippen LogP contribution < -0.4 is 4.74 Å². The molecule has 0 spiro atoms. The summed E-state index contributed by atoms with van der Waals surface area (Å²) in [7, 11) is 3.97. The monoisotopic (exact) mass is 294 g/mol. The van der Waals surface area contributed by atoms with Gasteiger partial charge >= 0.3 is 5.97 Å². The van der Waals surface area contributed by atoms with Gasteiger partial charge in [-0.15, -0.1) is 0 Å². The first-order valence-corrected chi connectivity index (χ1v) is 7.25. The molecule has 21 heavy (non-hydrogen) atoms. The Hall–Kier alpha value is -1.59. The van der Waals surface area contributed by atoms with E-state index in [-0.39, 0.29) is 6.54 Å². The van der Waals surface area contributed by atoms with Crippen molar-refractivity contribution in [3.8, 4) is 5.75 Å². The number of carboxylic acid groups (broad SMARTS) is 1. The number of ether oxygens (including phenoxy) is 1. The lowest BCUT2D eigenvalue weighted by atomic mass is 10.2. The summed E-state index contributed by atoms with van der Waals surface area (Å²) in [6, 6.07) is 7.94. The molecule has 1 N–H and O–H groups in total. The van der Waals surface area contributed by atoms with E-state index in [0.29, 0.717) is 6.61 Å². The number of hydrogen-bond acceptors (Lipinski definition) is 4. The molecule has 0 aromatic heterocycles. The third-order valence-electron chi connectivity index (χ3n) is 3.10. The number of likely N-dealkylation sites (N-methyl/N-ethyl adjacent to an activating group) is 1. The van der Waals surface area contributed by atoms with Crippen LogP contribution in [0.1, 0.15) is 12.0 Å². The molecule has 0 atom stereocenters. The molecule has 0 saturated heterocycles. The van der Waals surface area contributed by atoms with Gasteiger partial charge in [0, 0.05) is 19.6 Å². The molecule has 0 amide bonds. The van der Waals surface area contributed by atoms with Gasteiger partial charge in [-0.05, 0) is 45.1 Å². The summed E-state index contributed by atoms with van der Waals surface area (Å²) in [5, 5.41) is 8.93. The van der Waals surface area contributed by atoms with Gasteiger partial charge in [-0.3, -0.25) is 9.69 Å². The first kappa shape index (κ1) is 17.5. The highest BCUT2D eigenvalue weighted by atomic mass is 16.5. The molecule has 1 rings (SSSR count). The summed E-state index contributed by atoms with van der Waals surface area (Å²) in [6.45, 7) is 5.05. The van der Waals surface area contributed by atoms with Gasteiger partial charge in [0.25, 0.3) is 0 Å². The first-order valence-electron chi connectivity index (χ1n) is 7.25. The standard InChI is InChI=1S/C16H26N2O3/c1-14-6-4-7-15(12-14)21-11-5-8-18(13-16(19)20)10-9-17(2)3/h4,6-7,12H,5,8-11,13H2,1-3H3,(H,19,20). The zero-order valence-electron chi connectivity index (χ0n) is 13.2. The number of aliphatic carboxylic acids is 1. The molecule has 0 aliphatic rings. The van der Waals surface area contributed by atoms with E-state index >= 15 is 0 Å². The molecule has 0 unspecified atom stereocenters. The van der Waals surface area contributed by atoms with E-state index in [1.54, 1.807) is 0 Å². The van der Waals surface area contributed by atoms with Gasteiger partial charge < -0.3 is 14.7 Å². The predicted molar refractivity (Wildman–Crippen MR) is 83.9 cm³/mol. The molecule has 1 aromatic rings. The van der Waals surface area contributed by atoms with Crippen LogP contribution >= 0.6 is 0 Å². The number of carbonyl (C=O) groups is 1. The summed E-state index contributed by atoms with van der Waals surface area (Å²) >= 11 is 0. The lowest BCUT2D eigenvalue weighted by Crippen LogP contribution is -2.36. The second-order valence-corrected chi connectivity index (χ2v) is 5.49. The average Bonchev–Trinajstić information content (AvgIpc) is 2.40. The minimum Gasteiger partial charge on any atom is -0.494 e. The molecular formula is C16H26N2O3. The second kappa shape index (κ2) is 9.37. The van der Waals surface area contributed by atoms with E-state index in [0.717, 1.165) is 31.8 Å². The molecule has 0 heterocycles. The molecule has 118 valence electrons. The Morgan fingerprint density at radius 3 is 2.62 bits per heavy atom. The highest BCUT2D eigenvalue weighted by Crippen LogP contribution is 2.12. The minimum atomic E-state index is -0.784. The Balaban J connectivity index is 2.30. The summed E-state index contributed by atoms with van der Waals surface area (Å²) in [6.07, 6.45) is 0.814. The van der Waals surface area contributed by atoms with Crippen LogP contribution in [0.4, 0.5) is 0 Å². The van der Waals surface area contributed by atoms with Crippen molar-refractivity contribution in [1.29, 1.82) is 0 Å². The van der Waals surface area contributed by atoms with Crippen molar-refractivity contribution in [2.24, 2.45) is 0 Å². The van der Waals surface area contributed by atoms with Crippen molar-refractivity contribution < 1.29 is 14.6 Å². The lowest BCUT2D eigenvalue weighted by molar-refractivity contribution is -0.138. The fourth-order valence-corrected chi connectivity index (χ4v) is 1.99. The molecule has 0 aliphatic heterocycles. The van der Waals surface area contributed by atoms with Crippen molar-refractivity contribution in [2.45, 2.75) is 13.3 Å². The van der Waals surface area contributed by atoms with Crippen molar-refractivity contribution in [3.63, 3.8) is 0 Å². The van der Waals surface area contributed by atoms with Crippen LogP contribution in [0.15, 0.2) is 24.3 Å². The van der Waals surface area contributed by atoms with E-state index < -0.39 is 5.97 Å². The summed E-state index contributed by atoms with van der Waals surface area (Å²) in [5.74, 6) is 0.0847. The highest BCUT2D eigenvalue weighted by Gasteiger charge is 2.09. The van der Waals surface area contributed by atoms with Crippen LogP contribution in [0.25, 0.3) is 0 Å². The Morgan fingerprint density at radius 2 is 2.00 bits per heavy atom. The smallest absolute Gasteiger partial charge is 0.317 e. The van der Waals surface area contributed by atoms with Crippen LogP contribution in [0, 0.1) is 6.92 Å². The van der Waals surface area contributed by atoms with Gasteiger partial charge in [0.2, 0.25) is 0 Å². The Morgan fingerprint density at radius 1 is 1.24 bits per heavy atom. The number of benzene rings is 1. The van der Waals surface area contributed by atoms with Crippen LogP contribution in [0.2, 0.25) is 0 Å². The van der Waals surface area contributed by atoms with Gasteiger partial charge in [-0.2, -0.15) is 0 Å². The Kier molecular flexibility index (Phi) is 7.79. The largest absolute Gasteiger partial charge is 0.494 e. The maximum absolute atomic E-state index is 10.9. The number of nitrogens with zero attached hydrogens (tertiary/aromatic N) is 2. The van der Waals surface area contributed by atoms with E-state index in [4.69, 9.17) is 9.84 Å². The lowest BCUT2D eigenvalue weighted by Gasteiger charge is -2.22. The fourth-order valence-electron chi connectivity index (χ4n) is 1.99. The topological polar surface area (TPSA) is 53.0 Å². The molecule has 5 heteroatoms. The van der Waals surface area contributed by atoms with E-state index in [9.17, 15) is 4.79 Å². The quantitative estimate of drug-likeness (QED) is 0.666. The maximum Gasteiger partial charge on any atom is 0.317 e. The van der Waals surface area contributed by atoms with Crippen molar-refractivity contribution in [1.82, 2.24) is 9.80 Å². The molecule has 1 aromatic carbocycles. The van der Waals surface area contributed by atoms with Crippen LogP contribution in [-0.2, 0) is 4.79 Å². The van der Waals surface area contributed by atoms with Crippen molar-refractivity contribution >= 4 is 5.97 Å². The van der Waals surface area contributed by atoms with E-state index in [1.165, 1.54) is 5.56 Å². The maximum atomic E-state index is 10.9. The fraction of sp³-hybridized carbons (Fsp3) is 0.562.